The van der Waals surface area contributed by atoms with Crippen LogP contribution in [-0.4, -0.2) is 22.4 Å². The van der Waals surface area contributed by atoms with E-state index in [1.54, 1.807) is 0 Å². The van der Waals surface area contributed by atoms with Gasteiger partial charge in [-0.05, 0) is 17.7 Å². The molecule has 0 aliphatic carbocycles. The van der Waals surface area contributed by atoms with Gasteiger partial charge in [0.25, 0.3) is 0 Å². The van der Waals surface area contributed by atoms with Crippen molar-refractivity contribution in [3.63, 3.8) is 0 Å². The maximum atomic E-state index is 12.8. The van der Waals surface area contributed by atoms with Crippen molar-refractivity contribution < 1.29 is 32.6 Å². The average molecular weight is 238 g/mol. The van der Waals surface area contributed by atoms with E-state index in [0.29, 0.717) is 12.1 Å². The third kappa shape index (κ3) is 2.30. The number of rotatable bonds is 3. The van der Waals surface area contributed by atoms with E-state index in [1.807, 2.05) is 0 Å². The Balaban J connectivity index is 3.10. The Morgan fingerprint density at radius 2 is 1.62 bits per heavy atom. The summed E-state index contributed by atoms with van der Waals surface area (Å²) < 4.78 is 50.6. The Morgan fingerprint density at radius 1 is 1.19 bits per heavy atom. The number of aliphatic carboxylic acids is 1. The summed E-state index contributed by atoms with van der Waals surface area (Å²) in [6.07, 6.45) is -5.01. The van der Waals surface area contributed by atoms with Crippen LogP contribution in [0.1, 0.15) is 11.7 Å². The van der Waals surface area contributed by atoms with E-state index in [9.17, 15) is 22.4 Å². The Labute approximate surface area is 86.9 Å². The molecule has 7 heteroatoms. The van der Waals surface area contributed by atoms with Gasteiger partial charge in [0.05, 0.1) is 0 Å². The number of carbonyl (C=O) groups is 1. The molecule has 0 aliphatic rings. The quantitative estimate of drug-likeness (QED) is 0.620. The fourth-order valence-electron chi connectivity index (χ4n) is 1.05. The van der Waals surface area contributed by atoms with Crippen LogP contribution in [0.15, 0.2) is 12.1 Å². The lowest BCUT2D eigenvalue weighted by Gasteiger charge is -2.12. The molecule has 0 heterocycles. The van der Waals surface area contributed by atoms with E-state index in [-0.39, 0.29) is 0 Å². The number of halogens is 4. The molecule has 0 saturated heterocycles. The minimum atomic E-state index is -2.75. The first-order valence-electron chi connectivity index (χ1n) is 4.04. The second kappa shape index (κ2) is 4.48. The highest BCUT2D eigenvalue weighted by Gasteiger charge is 2.28. The lowest BCUT2D eigenvalue weighted by molar-refractivity contribution is -0.147. The van der Waals surface area contributed by atoms with E-state index in [4.69, 9.17) is 10.2 Å². The Bertz CT molecular complexity index is 398. The van der Waals surface area contributed by atoms with Crippen LogP contribution in [0.3, 0.4) is 0 Å². The number of alkyl halides is 1. The van der Waals surface area contributed by atoms with Gasteiger partial charge in [-0.15, -0.1) is 0 Å². The Morgan fingerprint density at radius 3 is 2.00 bits per heavy atom. The maximum Gasteiger partial charge on any atom is 0.341 e. The van der Waals surface area contributed by atoms with E-state index >= 15 is 0 Å². The van der Waals surface area contributed by atoms with Crippen molar-refractivity contribution in [1.29, 1.82) is 0 Å². The van der Waals surface area contributed by atoms with E-state index < -0.39 is 41.3 Å². The molecule has 1 aromatic rings. The lowest BCUT2D eigenvalue weighted by Crippen LogP contribution is -2.23. The average Bonchev–Trinajstić information content (AvgIpc) is 2.22. The zero-order chi connectivity index (χ0) is 12.5. The summed E-state index contributed by atoms with van der Waals surface area (Å²) in [6, 6.07) is 0.664. The molecule has 0 amide bonds. The SMILES string of the molecule is O=C(O)C(F)C(O)c1cc(F)c(F)c(F)c1. The zero-order valence-electron chi connectivity index (χ0n) is 7.62. The minimum Gasteiger partial charge on any atom is -0.479 e. The van der Waals surface area contributed by atoms with Gasteiger partial charge in [-0.25, -0.2) is 22.4 Å². The predicted molar refractivity (Wildman–Crippen MR) is 43.8 cm³/mol. The molecule has 16 heavy (non-hydrogen) atoms. The smallest absolute Gasteiger partial charge is 0.341 e. The highest BCUT2D eigenvalue weighted by atomic mass is 19.2. The van der Waals surface area contributed by atoms with Crippen molar-refractivity contribution in [2.75, 3.05) is 0 Å². The summed E-state index contributed by atoms with van der Waals surface area (Å²) >= 11 is 0. The van der Waals surface area contributed by atoms with E-state index in [2.05, 4.69) is 0 Å². The van der Waals surface area contributed by atoms with Crippen LogP contribution in [-0.2, 0) is 4.79 Å². The molecule has 0 saturated carbocycles. The molecule has 1 rings (SSSR count). The Hall–Kier alpha value is -1.63. The predicted octanol–water partition coefficient (Wildman–Crippen LogP) is 1.56. The highest BCUT2D eigenvalue weighted by molar-refractivity contribution is 5.73. The number of hydrogen-bond acceptors (Lipinski definition) is 2. The fourth-order valence-corrected chi connectivity index (χ4v) is 1.05. The highest BCUT2D eigenvalue weighted by Crippen LogP contribution is 2.23. The molecule has 2 unspecified atom stereocenters. The summed E-state index contributed by atoms with van der Waals surface area (Å²) in [6.45, 7) is 0. The first-order chi connectivity index (χ1) is 7.34. The normalized spacial score (nSPS) is 14.6. The molecule has 0 bridgehead atoms. The van der Waals surface area contributed by atoms with Crippen molar-refractivity contribution in [1.82, 2.24) is 0 Å². The van der Waals surface area contributed by atoms with Crippen LogP contribution in [0.25, 0.3) is 0 Å². The molecule has 2 N–H and O–H groups in total. The largest absolute Gasteiger partial charge is 0.479 e. The van der Waals surface area contributed by atoms with Crippen LogP contribution in [0.2, 0.25) is 0 Å². The lowest BCUT2D eigenvalue weighted by atomic mass is 10.0. The van der Waals surface area contributed by atoms with Crippen molar-refractivity contribution in [3.8, 4) is 0 Å². The van der Waals surface area contributed by atoms with Crippen molar-refractivity contribution in [2.24, 2.45) is 0 Å². The van der Waals surface area contributed by atoms with Gasteiger partial charge in [-0.1, -0.05) is 0 Å². The third-order valence-electron chi connectivity index (χ3n) is 1.86. The van der Waals surface area contributed by atoms with Gasteiger partial charge >= 0.3 is 5.97 Å². The molecule has 2 atom stereocenters. The standard InChI is InChI=1S/C9H6F4O3/c10-4-1-3(2-5(11)6(4)12)8(14)7(13)9(15)16/h1-2,7-8,14H,(H,15,16). The third-order valence-corrected chi connectivity index (χ3v) is 1.86. The molecule has 0 fully saturated rings. The van der Waals surface area contributed by atoms with E-state index in [1.165, 1.54) is 0 Å². The fraction of sp³-hybridized carbons (Fsp3) is 0.222. The maximum absolute atomic E-state index is 12.8. The summed E-state index contributed by atoms with van der Waals surface area (Å²) in [5.41, 5.74) is -0.689. The monoisotopic (exact) mass is 238 g/mol. The number of carboxylic acid groups (broad SMARTS) is 1. The molecule has 1 aromatic carbocycles. The van der Waals surface area contributed by atoms with Gasteiger partial charge < -0.3 is 10.2 Å². The molecule has 0 radical (unpaired) electrons. The number of carboxylic acids is 1. The molecular formula is C9H6F4O3. The summed E-state index contributed by atoms with van der Waals surface area (Å²) in [4.78, 5) is 10.2. The van der Waals surface area contributed by atoms with Crippen LogP contribution in [0, 0.1) is 17.5 Å². The van der Waals surface area contributed by atoms with Gasteiger partial charge in [0.2, 0.25) is 6.17 Å². The van der Waals surface area contributed by atoms with Gasteiger partial charge in [0.15, 0.2) is 17.5 Å². The van der Waals surface area contributed by atoms with Crippen LogP contribution in [0.5, 0.6) is 0 Å². The van der Waals surface area contributed by atoms with Crippen molar-refractivity contribution >= 4 is 5.97 Å². The number of aliphatic hydroxyl groups is 1. The minimum absolute atomic E-state index is 0.332. The molecular weight excluding hydrogens is 232 g/mol. The van der Waals surface area contributed by atoms with Crippen LogP contribution in [0.4, 0.5) is 17.6 Å². The van der Waals surface area contributed by atoms with Crippen LogP contribution < -0.4 is 0 Å². The topological polar surface area (TPSA) is 57.5 Å². The second-order valence-corrected chi connectivity index (χ2v) is 2.98. The van der Waals surface area contributed by atoms with E-state index in [0.717, 1.165) is 0 Å². The first-order valence-corrected chi connectivity index (χ1v) is 4.04. The number of aliphatic hydroxyl groups excluding tert-OH is 1. The van der Waals surface area contributed by atoms with Crippen molar-refractivity contribution in [3.05, 3.63) is 35.1 Å². The molecule has 88 valence electrons. The summed E-state index contributed by atoms with van der Waals surface area (Å²) in [5.74, 6) is -7.03. The first kappa shape index (κ1) is 12.4. The Kier molecular flexibility index (Phi) is 3.48. The number of hydrogen-bond donors (Lipinski definition) is 2. The molecule has 0 aliphatic heterocycles. The molecule has 0 spiro atoms. The van der Waals surface area contributed by atoms with Gasteiger partial charge in [0, 0.05) is 0 Å². The zero-order valence-corrected chi connectivity index (χ0v) is 7.62. The van der Waals surface area contributed by atoms with Gasteiger partial charge in [-0.2, -0.15) is 0 Å². The number of benzene rings is 1. The van der Waals surface area contributed by atoms with Crippen molar-refractivity contribution in [2.45, 2.75) is 12.3 Å². The molecule has 3 nitrogen and oxygen atoms in total. The van der Waals surface area contributed by atoms with Gasteiger partial charge in [0.1, 0.15) is 6.10 Å². The molecule has 0 aromatic heterocycles. The summed E-state index contributed by atoms with van der Waals surface area (Å²) in [5, 5.41) is 17.3. The summed E-state index contributed by atoms with van der Waals surface area (Å²) in [7, 11) is 0. The van der Waals surface area contributed by atoms with Gasteiger partial charge in [-0.3, -0.25) is 0 Å². The van der Waals surface area contributed by atoms with Crippen LogP contribution >= 0.6 is 0 Å². The second-order valence-electron chi connectivity index (χ2n) is 2.98.